The van der Waals surface area contributed by atoms with Crippen LogP contribution in [-0.2, 0) is 6.54 Å². The van der Waals surface area contributed by atoms with Gasteiger partial charge >= 0.3 is 0 Å². The lowest BCUT2D eigenvalue weighted by Gasteiger charge is -2.37. The molecule has 0 bridgehead atoms. The summed E-state index contributed by atoms with van der Waals surface area (Å²) in [5, 5.41) is 3.66. The number of rotatable bonds is 4. The monoisotopic (exact) mass is 329 g/mol. The molecule has 1 N–H and O–H groups in total. The summed E-state index contributed by atoms with van der Waals surface area (Å²) in [6.07, 6.45) is 2.53. The van der Waals surface area contributed by atoms with Crippen molar-refractivity contribution in [1.29, 1.82) is 0 Å². The first kappa shape index (κ1) is 13.8. The number of hydrogen-bond acceptors (Lipinski definition) is 1. The van der Waals surface area contributed by atoms with Crippen LogP contribution in [0.4, 0.5) is 0 Å². The highest BCUT2D eigenvalue weighted by Gasteiger charge is 2.30. The lowest BCUT2D eigenvalue weighted by molar-refractivity contribution is 0.289. The molecule has 0 aromatic heterocycles. The second-order valence-electron chi connectivity index (χ2n) is 5.73. The maximum atomic E-state index is 3.66. The van der Waals surface area contributed by atoms with Crippen LogP contribution in [0.25, 0.3) is 0 Å². The van der Waals surface area contributed by atoms with E-state index in [1.165, 1.54) is 29.5 Å². The van der Waals surface area contributed by atoms with Crippen molar-refractivity contribution in [3.8, 4) is 0 Å². The average Bonchev–Trinajstić information content (AvgIpc) is 2.39. The summed E-state index contributed by atoms with van der Waals surface area (Å²) >= 11 is 3.52. The molecule has 2 aromatic carbocycles. The highest BCUT2D eigenvalue weighted by Crippen LogP contribution is 2.38. The summed E-state index contributed by atoms with van der Waals surface area (Å²) in [6.45, 7) is 3.18. The van der Waals surface area contributed by atoms with Crippen LogP contribution < -0.4 is 5.32 Å². The van der Waals surface area contributed by atoms with E-state index in [1.807, 2.05) is 0 Å². The Morgan fingerprint density at radius 1 is 1.10 bits per heavy atom. The Labute approximate surface area is 129 Å². The Hall–Kier alpha value is -1.12. The summed E-state index contributed by atoms with van der Waals surface area (Å²) < 4.78 is 1.16. The summed E-state index contributed by atoms with van der Waals surface area (Å²) in [4.78, 5) is 0. The molecular weight excluding hydrogens is 310 g/mol. The van der Waals surface area contributed by atoms with Crippen molar-refractivity contribution in [3.05, 3.63) is 69.7 Å². The molecule has 0 spiro atoms. The molecule has 3 rings (SSSR count). The third-order valence-corrected chi connectivity index (χ3v) is 4.74. The first-order chi connectivity index (χ1) is 9.72. The van der Waals surface area contributed by atoms with E-state index in [0.29, 0.717) is 6.04 Å². The molecule has 0 amide bonds. The molecule has 20 heavy (non-hydrogen) atoms. The quantitative estimate of drug-likeness (QED) is 0.850. The van der Waals surface area contributed by atoms with Crippen LogP contribution in [0.15, 0.2) is 53.0 Å². The molecule has 1 fully saturated rings. The van der Waals surface area contributed by atoms with Gasteiger partial charge in [-0.1, -0.05) is 52.3 Å². The largest absolute Gasteiger partial charge is 0.310 e. The van der Waals surface area contributed by atoms with Crippen LogP contribution in [0.5, 0.6) is 0 Å². The van der Waals surface area contributed by atoms with E-state index in [4.69, 9.17) is 0 Å². The fraction of sp³-hybridized carbons (Fsp3) is 0.333. The molecule has 2 aromatic rings. The van der Waals surface area contributed by atoms with Crippen LogP contribution in [-0.4, -0.2) is 6.04 Å². The number of hydrogen-bond donors (Lipinski definition) is 1. The molecule has 0 atom stereocenters. The molecule has 1 aliphatic carbocycles. The van der Waals surface area contributed by atoms with Crippen molar-refractivity contribution >= 4 is 15.9 Å². The lowest BCUT2D eigenvalue weighted by atomic mass is 9.74. The summed E-state index contributed by atoms with van der Waals surface area (Å²) in [7, 11) is 0. The molecule has 1 nitrogen and oxygen atoms in total. The molecular formula is C18H20BrN. The minimum absolute atomic E-state index is 0.665. The van der Waals surface area contributed by atoms with Crippen molar-refractivity contribution < 1.29 is 0 Å². The maximum Gasteiger partial charge on any atom is 0.0208 e. The first-order valence-corrected chi connectivity index (χ1v) is 8.05. The Kier molecular flexibility index (Phi) is 4.23. The second kappa shape index (κ2) is 6.11. The highest BCUT2D eigenvalue weighted by molar-refractivity contribution is 9.10. The second-order valence-corrected chi connectivity index (χ2v) is 6.65. The highest BCUT2D eigenvalue weighted by atomic mass is 79.9. The molecule has 1 aliphatic rings. The standard InChI is InChI=1S/C18H20BrN/c1-13-5-2-3-8-18(13)15-10-17(11-15)20-12-14-6-4-7-16(19)9-14/h2-9,15,17,20H,10-12H2,1H3. The topological polar surface area (TPSA) is 12.0 Å². The van der Waals surface area contributed by atoms with Gasteiger partial charge in [0.05, 0.1) is 0 Å². The molecule has 2 heteroatoms. The van der Waals surface area contributed by atoms with Crippen molar-refractivity contribution in [2.45, 2.75) is 38.3 Å². The van der Waals surface area contributed by atoms with E-state index in [2.05, 4.69) is 76.7 Å². The maximum absolute atomic E-state index is 3.66. The van der Waals surface area contributed by atoms with Gasteiger partial charge < -0.3 is 5.32 Å². The summed E-state index contributed by atoms with van der Waals surface area (Å²) in [5.74, 6) is 0.746. The average molecular weight is 330 g/mol. The Bertz CT molecular complexity index is 587. The third-order valence-electron chi connectivity index (χ3n) is 4.25. The molecule has 0 aliphatic heterocycles. The summed E-state index contributed by atoms with van der Waals surface area (Å²) in [6, 6.07) is 18.0. The van der Waals surface area contributed by atoms with Gasteiger partial charge in [-0.15, -0.1) is 0 Å². The zero-order valence-electron chi connectivity index (χ0n) is 11.8. The van der Waals surface area contributed by atoms with Crippen molar-refractivity contribution in [3.63, 3.8) is 0 Å². The number of benzene rings is 2. The van der Waals surface area contributed by atoms with Gasteiger partial charge in [0.25, 0.3) is 0 Å². The molecule has 0 radical (unpaired) electrons. The van der Waals surface area contributed by atoms with E-state index in [9.17, 15) is 0 Å². The lowest BCUT2D eigenvalue weighted by Crippen LogP contribution is -2.39. The predicted octanol–water partition coefficient (Wildman–Crippen LogP) is 4.79. The molecule has 0 unspecified atom stereocenters. The predicted molar refractivity (Wildman–Crippen MR) is 87.9 cm³/mol. The molecule has 0 heterocycles. The smallest absolute Gasteiger partial charge is 0.0208 e. The molecule has 104 valence electrons. The van der Waals surface area contributed by atoms with Gasteiger partial charge in [-0.2, -0.15) is 0 Å². The Balaban J connectivity index is 1.50. The third kappa shape index (κ3) is 3.13. The minimum atomic E-state index is 0.665. The van der Waals surface area contributed by atoms with E-state index < -0.39 is 0 Å². The SMILES string of the molecule is Cc1ccccc1C1CC(NCc2cccc(Br)c2)C1. The van der Waals surface area contributed by atoms with E-state index in [1.54, 1.807) is 0 Å². The zero-order chi connectivity index (χ0) is 13.9. The van der Waals surface area contributed by atoms with E-state index >= 15 is 0 Å². The molecule has 1 saturated carbocycles. The zero-order valence-corrected chi connectivity index (χ0v) is 13.4. The fourth-order valence-corrected chi connectivity index (χ4v) is 3.44. The van der Waals surface area contributed by atoms with E-state index in [0.717, 1.165) is 16.9 Å². The first-order valence-electron chi connectivity index (χ1n) is 7.26. The van der Waals surface area contributed by atoms with Gasteiger partial charge in [-0.3, -0.25) is 0 Å². The number of nitrogens with one attached hydrogen (secondary N) is 1. The number of halogens is 1. The van der Waals surface area contributed by atoms with Gasteiger partial charge in [0.15, 0.2) is 0 Å². The Morgan fingerprint density at radius 3 is 2.65 bits per heavy atom. The van der Waals surface area contributed by atoms with Crippen molar-refractivity contribution in [1.82, 2.24) is 5.32 Å². The van der Waals surface area contributed by atoms with Gasteiger partial charge in [0, 0.05) is 17.1 Å². The van der Waals surface area contributed by atoms with Crippen LogP contribution >= 0.6 is 15.9 Å². The van der Waals surface area contributed by atoms with Crippen LogP contribution in [0.1, 0.15) is 35.4 Å². The van der Waals surface area contributed by atoms with Crippen LogP contribution in [0.3, 0.4) is 0 Å². The molecule has 0 saturated heterocycles. The Morgan fingerprint density at radius 2 is 1.90 bits per heavy atom. The van der Waals surface area contributed by atoms with Crippen molar-refractivity contribution in [2.75, 3.05) is 0 Å². The van der Waals surface area contributed by atoms with E-state index in [-0.39, 0.29) is 0 Å². The number of aryl methyl sites for hydroxylation is 1. The normalized spacial score (nSPS) is 21.5. The van der Waals surface area contributed by atoms with Gasteiger partial charge in [-0.25, -0.2) is 0 Å². The van der Waals surface area contributed by atoms with Crippen molar-refractivity contribution in [2.24, 2.45) is 0 Å². The van der Waals surface area contributed by atoms with Gasteiger partial charge in [-0.05, 0) is 54.5 Å². The summed E-state index contributed by atoms with van der Waals surface area (Å²) in [5.41, 5.74) is 4.31. The van der Waals surface area contributed by atoms with Gasteiger partial charge in [0.2, 0.25) is 0 Å². The van der Waals surface area contributed by atoms with Gasteiger partial charge in [0.1, 0.15) is 0 Å². The minimum Gasteiger partial charge on any atom is -0.310 e. The van der Waals surface area contributed by atoms with Crippen LogP contribution in [0, 0.1) is 6.92 Å². The van der Waals surface area contributed by atoms with Crippen LogP contribution in [0.2, 0.25) is 0 Å². The fourth-order valence-electron chi connectivity index (χ4n) is 2.99.